The highest BCUT2D eigenvalue weighted by molar-refractivity contribution is 7.99. The van der Waals surface area contributed by atoms with Crippen molar-refractivity contribution in [2.75, 3.05) is 25.7 Å². The Bertz CT molecular complexity index is 586. The van der Waals surface area contributed by atoms with Crippen LogP contribution in [0.5, 0.6) is 11.5 Å². The molecule has 0 spiro atoms. The van der Waals surface area contributed by atoms with Gasteiger partial charge in [-0.2, -0.15) is 11.8 Å². The van der Waals surface area contributed by atoms with Gasteiger partial charge >= 0.3 is 5.97 Å². The number of methoxy groups -OCH3 is 2. The first-order valence-corrected chi connectivity index (χ1v) is 9.02. The summed E-state index contributed by atoms with van der Waals surface area (Å²) in [6.07, 6.45) is 1.46. The van der Waals surface area contributed by atoms with Gasteiger partial charge in [0.05, 0.1) is 26.7 Å². The summed E-state index contributed by atoms with van der Waals surface area (Å²) in [6, 6.07) is 4.52. The number of hydrogen-bond donors (Lipinski definition) is 2. The van der Waals surface area contributed by atoms with Crippen molar-refractivity contribution in [3.63, 3.8) is 0 Å². The smallest absolute Gasteiger partial charge is 0.305 e. The minimum Gasteiger partial charge on any atom is -0.497 e. The number of nitrogens with one attached hydrogen (secondary N) is 1. The quantitative estimate of drug-likeness (QED) is 0.783. The number of carbonyl (C=O) groups excluding carboxylic acids is 1. The number of carbonyl (C=O) groups is 2. The standard InChI is InChI=1S/C17H23NO5S/c1-22-12-3-4-13(15(9-12)23-2)14(10-16(19)20)18-17(21)11-5-7-24-8-6-11/h3-4,9,11,14H,5-8,10H2,1-2H3,(H,18,21)(H,19,20). The zero-order valence-corrected chi connectivity index (χ0v) is 14.7. The third-order valence-corrected chi connectivity index (χ3v) is 5.15. The van der Waals surface area contributed by atoms with E-state index in [1.807, 2.05) is 11.8 Å². The van der Waals surface area contributed by atoms with E-state index in [0.29, 0.717) is 17.1 Å². The molecule has 7 heteroatoms. The van der Waals surface area contributed by atoms with E-state index >= 15 is 0 Å². The number of thioether (sulfide) groups is 1. The van der Waals surface area contributed by atoms with Gasteiger partial charge in [0, 0.05) is 17.5 Å². The highest BCUT2D eigenvalue weighted by Gasteiger charge is 2.27. The minimum atomic E-state index is -0.975. The molecule has 0 radical (unpaired) electrons. The van der Waals surface area contributed by atoms with Crippen molar-refractivity contribution < 1.29 is 24.2 Å². The molecular weight excluding hydrogens is 330 g/mol. The molecule has 0 bridgehead atoms. The number of benzene rings is 1. The van der Waals surface area contributed by atoms with Gasteiger partial charge in [0.1, 0.15) is 11.5 Å². The Morgan fingerprint density at radius 1 is 1.29 bits per heavy atom. The largest absolute Gasteiger partial charge is 0.497 e. The fourth-order valence-electron chi connectivity index (χ4n) is 2.77. The lowest BCUT2D eigenvalue weighted by Gasteiger charge is -2.25. The molecule has 1 aliphatic heterocycles. The van der Waals surface area contributed by atoms with Gasteiger partial charge in [-0.1, -0.05) is 0 Å². The average Bonchev–Trinajstić information content (AvgIpc) is 2.60. The molecular formula is C17H23NO5S. The summed E-state index contributed by atoms with van der Waals surface area (Å²) in [5, 5.41) is 12.1. The Hall–Kier alpha value is -1.89. The van der Waals surface area contributed by atoms with E-state index in [4.69, 9.17) is 9.47 Å². The minimum absolute atomic E-state index is 0.0493. The highest BCUT2D eigenvalue weighted by atomic mass is 32.2. The summed E-state index contributed by atoms with van der Waals surface area (Å²) in [7, 11) is 3.06. The molecule has 1 aromatic carbocycles. The van der Waals surface area contributed by atoms with E-state index in [2.05, 4.69) is 5.32 Å². The van der Waals surface area contributed by atoms with Crippen LogP contribution in [-0.2, 0) is 9.59 Å². The molecule has 1 amide bonds. The Balaban J connectivity index is 2.21. The summed E-state index contributed by atoms with van der Waals surface area (Å²) in [4.78, 5) is 23.8. The van der Waals surface area contributed by atoms with Crippen LogP contribution in [0.3, 0.4) is 0 Å². The van der Waals surface area contributed by atoms with Crippen molar-refractivity contribution in [2.24, 2.45) is 5.92 Å². The second-order valence-corrected chi connectivity index (χ2v) is 6.88. The van der Waals surface area contributed by atoms with Crippen LogP contribution in [0.15, 0.2) is 18.2 Å². The third kappa shape index (κ3) is 4.80. The van der Waals surface area contributed by atoms with Crippen molar-refractivity contribution in [3.05, 3.63) is 23.8 Å². The molecule has 0 saturated carbocycles. The molecule has 1 saturated heterocycles. The van der Waals surface area contributed by atoms with Crippen LogP contribution in [0.4, 0.5) is 0 Å². The van der Waals surface area contributed by atoms with Crippen LogP contribution in [0, 0.1) is 5.92 Å². The Morgan fingerprint density at radius 3 is 2.58 bits per heavy atom. The van der Waals surface area contributed by atoms with Crippen molar-refractivity contribution in [3.8, 4) is 11.5 Å². The second-order valence-electron chi connectivity index (χ2n) is 5.65. The van der Waals surface area contributed by atoms with Crippen LogP contribution >= 0.6 is 11.8 Å². The predicted octanol–water partition coefficient (Wildman–Crippen LogP) is 2.48. The molecule has 0 aromatic heterocycles. The molecule has 1 aromatic rings. The first-order valence-electron chi connectivity index (χ1n) is 7.87. The van der Waals surface area contributed by atoms with E-state index in [1.54, 1.807) is 25.3 Å². The molecule has 1 unspecified atom stereocenters. The monoisotopic (exact) mass is 353 g/mol. The summed E-state index contributed by atoms with van der Waals surface area (Å²) >= 11 is 1.84. The molecule has 1 fully saturated rings. The number of aliphatic carboxylic acids is 1. The number of carboxylic acids is 1. The van der Waals surface area contributed by atoms with Gasteiger partial charge in [-0.3, -0.25) is 9.59 Å². The fraction of sp³-hybridized carbons (Fsp3) is 0.529. The molecule has 24 heavy (non-hydrogen) atoms. The van der Waals surface area contributed by atoms with Gasteiger partial charge in [-0.05, 0) is 36.5 Å². The fourth-order valence-corrected chi connectivity index (χ4v) is 3.88. The van der Waals surface area contributed by atoms with Gasteiger partial charge in [-0.15, -0.1) is 0 Å². The van der Waals surface area contributed by atoms with Crippen LogP contribution < -0.4 is 14.8 Å². The summed E-state index contributed by atoms with van der Waals surface area (Å²) in [5.74, 6) is 1.94. The lowest BCUT2D eigenvalue weighted by molar-refractivity contribution is -0.138. The normalized spacial score (nSPS) is 16.2. The van der Waals surface area contributed by atoms with Gasteiger partial charge < -0.3 is 19.9 Å². The molecule has 1 heterocycles. The Morgan fingerprint density at radius 2 is 2.00 bits per heavy atom. The van der Waals surface area contributed by atoms with E-state index in [0.717, 1.165) is 24.3 Å². The van der Waals surface area contributed by atoms with Crippen LogP contribution in [0.1, 0.15) is 30.9 Å². The van der Waals surface area contributed by atoms with Gasteiger partial charge in [0.2, 0.25) is 5.91 Å². The lowest BCUT2D eigenvalue weighted by atomic mass is 9.98. The lowest BCUT2D eigenvalue weighted by Crippen LogP contribution is -2.36. The molecule has 1 atom stereocenters. The second kappa shape index (κ2) is 8.82. The molecule has 2 N–H and O–H groups in total. The SMILES string of the molecule is COc1ccc(C(CC(=O)O)NC(=O)C2CCSCC2)c(OC)c1. The van der Waals surface area contributed by atoms with Crippen molar-refractivity contribution >= 4 is 23.6 Å². The Kier molecular flexibility index (Phi) is 6.78. The van der Waals surface area contributed by atoms with Crippen LogP contribution in [0.25, 0.3) is 0 Å². The molecule has 0 aliphatic carbocycles. The zero-order valence-electron chi connectivity index (χ0n) is 13.9. The maximum Gasteiger partial charge on any atom is 0.305 e. The highest BCUT2D eigenvalue weighted by Crippen LogP contribution is 2.32. The van der Waals surface area contributed by atoms with Crippen molar-refractivity contribution in [2.45, 2.75) is 25.3 Å². The van der Waals surface area contributed by atoms with Crippen LogP contribution in [-0.4, -0.2) is 42.7 Å². The molecule has 2 rings (SSSR count). The van der Waals surface area contributed by atoms with Gasteiger partial charge in [-0.25, -0.2) is 0 Å². The zero-order chi connectivity index (χ0) is 17.5. The number of hydrogen-bond acceptors (Lipinski definition) is 5. The summed E-state index contributed by atoms with van der Waals surface area (Å²) < 4.78 is 10.5. The first-order chi connectivity index (χ1) is 11.5. The van der Waals surface area contributed by atoms with Crippen molar-refractivity contribution in [1.29, 1.82) is 0 Å². The van der Waals surface area contributed by atoms with Crippen LogP contribution in [0.2, 0.25) is 0 Å². The third-order valence-electron chi connectivity index (χ3n) is 4.10. The maximum absolute atomic E-state index is 12.5. The topological polar surface area (TPSA) is 84.9 Å². The number of ether oxygens (including phenoxy) is 2. The first kappa shape index (κ1) is 18.4. The maximum atomic E-state index is 12.5. The van der Waals surface area contributed by atoms with Gasteiger partial charge in [0.15, 0.2) is 0 Å². The van der Waals surface area contributed by atoms with E-state index in [1.165, 1.54) is 7.11 Å². The summed E-state index contributed by atoms with van der Waals surface area (Å²) in [5.41, 5.74) is 0.638. The molecule has 1 aliphatic rings. The number of rotatable bonds is 7. The van der Waals surface area contributed by atoms with E-state index < -0.39 is 12.0 Å². The Labute approximate surface area is 145 Å². The van der Waals surface area contributed by atoms with E-state index in [-0.39, 0.29) is 18.2 Å². The molecule has 132 valence electrons. The molecule has 6 nitrogen and oxygen atoms in total. The van der Waals surface area contributed by atoms with Gasteiger partial charge in [0.25, 0.3) is 0 Å². The number of amides is 1. The predicted molar refractivity (Wildman–Crippen MR) is 92.7 cm³/mol. The summed E-state index contributed by atoms with van der Waals surface area (Å²) in [6.45, 7) is 0. The van der Waals surface area contributed by atoms with E-state index in [9.17, 15) is 14.7 Å². The average molecular weight is 353 g/mol. The number of carboxylic acid groups (broad SMARTS) is 1. The van der Waals surface area contributed by atoms with Crippen molar-refractivity contribution in [1.82, 2.24) is 5.32 Å².